The first-order valence-electron chi connectivity index (χ1n) is 4.46. The number of aliphatic hydroxyl groups is 1. The van der Waals surface area contributed by atoms with Gasteiger partial charge in [0.15, 0.2) is 5.60 Å². The molecule has 0 amide bonds. The zero-order valence-corrected chi connectivity index (χ0v) is 13.0. The van der Waals surface area contributed by atoms with Crippen LogP contribution in [0.3, 0.4) is 0 Å². The summed E-state index contributed by atoms with van der Waals surface area (Å²) in [5, 5.41) is 18.3. The van der Waals surface area contributed by atoms with E-state index in [2.05, 4.69) is 15.9 Å². The van der Waals surface area contributed by atoms with Gasteiger partial charge in [-0.2, -0.15) is 0 Å². The van der Waals surface area contributed by atoms with Crippen LogP contribution in [0.4, 0.5) is 0 Å². The Kier molecular flexibility index (Phi) is 4.79. The van der Waals surface area contributed by atoms with Gasteiger partial charge in [-0.3, -0.25) is 0 Å². The van der Waals surface area contributed by atoms with Crippen LogP contribution in [0.15, 0.2) is 14.1 Å². The van der Waals surface area contributed by atoms with Crippen LogP contribution in [0.1, 0.15) is 6.92 Å². The van der Waals surface area contributed by atoms with E-state index < -0.39 is 28.1 Å². The molecule has 1 aromatic rings. The summed E-state index contributed by atoms with van der Waals surface area (Å²) in [6.07, 6.45) is 0. The first-order chi connectivity index (χ1) is 8.06. The number of hydrogen-bond donors (Lipinski definition) is 3. The normalized spacial score (nSPS) is 15.3. The summed E-state index contributed by atoms with van der Waals surface area (Å²) in [4.78, 5) is 10.6. The molecule has 102 valence electrons. The van der Waals surface area contributed by atoms with Crippen molar-refractivity contribution in [3.63, 3.8) is 0 Å². The number of aliphatic carboxylic acids is 1. The zero-order chi connectivity index (χ0) is 14.1. The largest absolute Gasteiger partial charge is 0.479 e. The third kappa shape index (κ3) is 3.65. The predicted octanol–water partition coefficient (Wildman–Crippen LogP) is 1.28. The van der Waals surface area contributed by atoms with Crippen LogP contribution < -0.4 is 4.72 Å². The first-order valence-corrected chi connectivity index (χ1v) is 7.93. The van der Waals surface area contributed by atoms with Crippen molar-refractivity contribution in [3.05, 3.63) is 14.9 Å². The van der Waals surface area contributed by atoms with Crippen LogP contribution in [0, 0.1) is 0 Å². The summed E-state index contributed by atoms with van der Waals surface area (Å²) in [7, 11) is -3.90. The van der Waals surface area contributed by atoms with Crippen molar-refractivity contribution >= 4 is 54.9 Å². The van der Waals surface area contributed by atoms with Gasteiger partial charge in [0.05, 0.1) is 15.4 Å². The minimum Gasteiger partial charge on any atom is -0.479 e. The molecule has 0 fully saturated rings. The van der Waals surface area contributed by atoms with E-state index in [-0.39, 0.29) is 9.23 Å². The highest BCUT2D eigenvalue weighted by Gasteiger charge is 2.32. The highest BCUT2D eigenvalue weighted by molar-refractivity contribution is 9.11. The fraction of sp³-hybridized carbons (Fsp3) is 0.375. The van der Waals surface area contributed by atoms with Crippen molar-refractivity contribution in [2.45, 2.75) is 16.7 Å². The van der Waals surface area contributed by atoms with Gasteiger partial charge >= 0.3 is 5.97 Å². The Morgan fingerprint density at radius 2 is 2.22 bits per heavy atom. The molecule has 0 spiro atoms. The lowest BCUT2D eigenvalue weighted by Gasteiger charge is -2.17. The molecule has 1 unspecified atom stereocenters. The maximum absolute atomic E-state index is 11.8. The van der Waals surface area contributed by atoms with E-state index >= 15 is 0 Å². The van der Waals surface area contributed by atoms with Gasteiger partial charge in [0.1, 0.15) is 4.21 Å². The molecule has 0 aromatic carbocycles. The Labute approximate surface area is 121 Å². The summed E-state index contributed by atoms with van der Waals surface area (Å²) < 4.78 is 26.0. The van der Waals surface area contributed by atoms with E-state index in [1.165, 1.54) is 6.07 Å². The Bertz CT molecular complexity index is 549. The van der Waals surface area contributed by atoms with Crippen LogP contribution in [0.2, 0.25) is 5.02 Å². The van der Waals surface area contributed by atoms with Gasteiger partial charge in [0.2, 0.25) is 10.0 Å². The molecule has 0 saturated carbocycles. The molecule has 0 radical (unpaired) electrons. The molecule has 18 heavy (non-hydrogen) atoms. The highest BCUT2D eigenvalue weighted by Crippen LogP contribution is 2.34. The van der Waals surface area contributed by atoms with Gasteiger partial charge in [0.25, 0.3) is 0 Å². The molecule has 0 saturated heterocycles. The summed E-state index contributed by atoms with van der Waals surface area (Å²) in [5.74, 6) is -1.52. The molecule has 0 aliphatic carbocycles. The SMILES string of the molecule is CC(O)(CNS(=O)(=O)c1cc(Cl)c(Br)s1)C(=O)O. The van der Waals surface area contributed by atoms with E-state index in [1.807, 2.05) is 4.72 Å². The van der Waals surface area contributed by atoms with Crippen LogP contribution in [-0.4, -0.2) is 36.7 Å². The quantitative estimate of drug-likeness (QED) is 0.716. The number of thiophene rings is 1. The second-order valence-corrected chi connectivity index (χ2v) is 8.36. The summed E-state index contributed by atoms with van der Waals surface area (Å²) in [6, 6.07) is 1.23. The molecule has 1 heterocycles. The van der Waals surface area contributed by atoms with Gasteiger partial charge in [-0.25, -0.2) is 17.9 Å². The summed E-state index contributed by atoms with van der Waals surface area (Å²) >= 11 is 9.66. The van der Waals surface area contributed by atoms with Crippen molar-refractivity contribution in [1.82, 2.24) is 4.72 Å². The average molecular weight is 379 g/mol. The summed E-state index contributed by atoms with van der Waals surface area (Å²) in [5.41, 5.74) is -2.18. The standard InChI is InChI=1S/C8H9BrClNO5S2/c1-8(14,7(12)13)3-11-18(15,16)5-2-4(10)6(9)17-5/h2,11,14H,3H2,1H3,(H,12,13). The Hall–Kier alpha value is -0.190. The van der Waals surface area contributed by atoms with Gasteiger partial charge < -0.3 is 10.2 Å². The van der Waals surface area contributed by atoms with Crippen LogP contribution in [-0.2, 0) is 14.8 Å². The third-order valence-corrected chi connectivity index (χ3v) is 6.30. The Balaban J connectivity index is 2.87. The molecule has 6 nitrogen and oxygen atoms in total. The maximum atomic E-state index is 11.8. The topological polar surface area (TPSA) is 104 Å². The molecule has 0 aliphatic rings. The lowest BCUT2D eigenvalue weighted by molar-refractivity contribution is -0.155. The fourth-order valence-electron chi connectivity index (χ4n) is 0.841. The van der Waals surface area contributed by atoms with E-state index in [0.717, 1.165) is 18.3 Å². The fourth-order valence-corrected chi connectivity index (χ4v) is 4.42. The maximum Gasteiger partial charge on any atom is 0.336 e. The van der Waals surface area contributed by atoms with E-state index in [9.17, 15) is 18.3 Å². The number of hydrogen-bond acceptors (Lipinski definition) is 5. The molecule has 1 atom stereocenters. The van der Waals surface area contributed by atoms with Crippen LogP contribution >= 0.6 is 38.9 Å². The molecule has 3 N–H and O–H groups in total. The molecule has 1 aromatic heterocycles. The smallest absolute Gasteiger partial charge is 0.336 e. The van der Waals surface area contributed by atoms with E-state index in [1.54, 1.807) is 0 Å². The predicted molar refractivity (Wildman–Crippen MR) is 70.5 cm³/mol. The number of carbonyl (C=O) groups is 1. The van der Waals surface area contributed by atoms with Gasteiger partial charge in [-0.05, 0) is 28.9 Å². The number of carboxylic acids is 1. The number of halogens is 2. The minimum atomic E-state index is -3.90. The van der Waals surface area contributed by atoms with Crippen molar-refractivity contribution in [3.8, 4) is 0 Å². The van der Waals surface area contributed by atoms with Gasteiger partial charge in [-0.15, -0.1) is 11.3 Å². The molecule has 0 bridgehead atoms. The average Bonchev–Trinajstić information content (AvgIpc) is 2.57. The number of nitrogens with one attached hydrogen (secondary N) is 1. The van der Waals surface area contributed by atoms with E-state index in [4.69, 9.17) is 16.7 Å². The molecular weight excluding hydrogens is 370 g/mol. The third-order valence-electron chi connectivity index (χ3n) is 1.95. The molecule has 10 heteroatoms. The number of carboxylic acid groups (broad SMARTS) is 1. The van der Waals surface area contributed by atoms with Crippen molar-refractivity contribution in [1.29, 1.82) is 0 Å². The Morgan fingerprint density at radius 1 is 1.67 bits per heavy atom. The van der Waals surface area contributed by atoms with Crippen molar-refractivity contribution in [2.24, 2.45) is 0 Å². The van der Waals surface area contributed by atoms with Gasteiger partial charge in [-0.1, -0.05) is 11.6 Å². The van der Waals surface area contributed by atoms with E-state index in [0.29, 0.717) is 3.79 Å². The molecule has 1 rings (SSSR count). The molecule has 0 aliphatic heterocycles. The van der Waals surface area contributed by atoms with Crippen LogP contribution in [0.5, 0.6) is 0 Å². The zero-order valence-electron chi connectivity index (χ0n) is 8.98. The molecular formula is C8H9BrClNO5S2. The monoisotopic (exact) mass is 377 g/mol. The Morgan fingerprint density at radius 3 is 2.61 bits per heavy atom. The lowest BCUT2D eigenvalue weighted by atomic mass is 10.1. The summed E-state index contributed by atoms with van der Waals surface area (Å²) in [6.45, 7) is 0.354. The first kappa shape index (κ1) is 15.9. The lowest BCUT2D eigenvalue weighted by Crippen LogP contribution is -2.46. The van der Waals surface area contributed by atoms with Crippen molar-refractivity contribution < 1.29 is 23.4 Å². The van der Waals surface area contributed by atoms with Crippen molar-refractivity contribution in [2.75, 3.05) is 6.54 Å². The minimum absolute atomic E-state index is 0.0689. The van der Waals surface area contributed by atoms with Gasteiger partial charge in [0, 0.05) is 0 Å². The second-order valence-electron chi connectivity index (χ2n) is 3.59. The van der Waals surface area contributed by atoms with Crippen LogP contribution in [0.25, 0.3) is 0 Å². The highest BCUT2D eigenvalue weighted by atomic mass is 79.9. The number of rotatable bonds is 5. The number of sulfonamides is 1. The second kappa shape index (κ2) is 5.43.